The van der Waals surface area contributed by atoms with Crippen molar-refractivity contribution in [2.24, 2.45) is 46.3 Å². The standard InChI is InChI=1S/C41H51F5N4O5/c1-38(2,41(44,45)46)37(54)49-23-40(24-49)22-48(35(51)28-16-47-50(18-28)17-25-7-9-30(42)10-8-25)19-29(40)21-55-20-27-5-4-6-31(26-11-13-39(3,43)14-12-26)34(27)32-15-33(32)36(52)53/h4-5,7,9-10,16,18,25-26,29,31-33H,6,8,11-15,17,19-24H2,1-3H3,(H,52,53)/t25?,26?,29-,31?,32?,33?,39?/m0/s1. The van der Waals surface area contributed by atoms with E-state index in [1.165, 1.54) is 23.2 Å². The third-order valence-electron chi connectivity index (χ3n) is 13.3. The molecule has 0 bridgehead atoms. The van der Waals surface area contributed by atoms with Gasteiger partial charge in [-0.15, -0.1) is 0 Å². The highest BCUT2D eigenvalue weighted by Gasteiger charge is 2.61. The van der Waals surface area contributed by atoms with E-state index in [1.54, 1.807) is 28.8 Å². The Balaban J connectivity index is 1.07. The van der Waals surface area contributed by atoms with Crippen LogP contribution in [0.25, 0.3) is 0 Å². The number of allylic oxidation sites excluding steroid dienone is 6. The number of nitrogens with zero attached hydrogens (tertiary/aromatic N) is 4. The Morgan fingerprint density at radius 1 is 1.04 bits per heavy atom. The van der Waals surface area contributed by atoms with Crippen molar-refractivity contribution in [2.45, 2.75) is 84.1 Å². The number of carboxylic acid groups (broad SMARTS) is 1. The maximum Gasteiger partial charge on any atom is 0.402 e. The quantitative estimate of drug-likeness (QED) is 0.236. The average molecular weight is 775 g/mol. The molecule has 2 saturated carbocycles. The zero-order valence-electron chi connectivity index (χ0n) is 31.7. The van der Waals surface area contributed by atoms with Gasteiger partial charge in [0.05, 0.1) is 30.9 Å². The Hall–Kier alpha value is -3.81. The molecule has 14 heteroatoms. The van der Waals surface area contributed by atoms with Crippen molar-refractivity contribution in [3.05, 3.63) is 65.3 Å². The Morgan fingerprint density at radius 2 is 1.75 bits per heavy atom. The number of alkyl halides is 4. The monoisotopic (exact) mass is 774 g/mol. The minimum atomic E-state index is -4.73. The zero-order valence-corrected chi connectivity index (χ0v) is 31.7. The third kappa shape index (κ3) is 7.94. The van der Waals surface area contributed by atoms with E-state index in [9.17, 15) is 41.4 Å². The fourth-order valence-corrected chi connectivity index (χ4v) is 9.60. The highest BCUT2D eigenvalue weighted by Crippen LogP contribution is 2.54. The molecular formula is C41H51F5N4O5. The first-order chi connectivity index (χ1) is 25.9. The molecule has 9 nitrogen and oxygen atoms in total. The number of ether oxygens (including phenoxy) is 1. The molecule has 1 aromatic heterocycles. The number of amides is 2. The summed E-state index contributed by atoms with van der Waals surface area (Å²) in [6, 6.07) is 0. The van der Waals surface area contributed by atoms with Crippen LogP contribution in [0.3, 0.4) is 0 Å². The lowest BCUT2D eigenvalue weighted by molar-refractivity contribution is -0.223. The minimum absolute atomic E-state index is 0.0202. The fraction of sp³-hybridized carbons (Fsp3) is 0.659. The maximum atomic E-state index is 14.7. The topological polar surface area (TPSA) is 105 Å². The van der Waals surface area contributed by atoms with E-state index >= 15 is 0 Å². The second kappa shape index (κ2) is 14.6. The maximum absolute atomic E-state index is 14.7. The number of halogens is 5. The van der Waals surface area contributed by atoms with Crippen LogP contribution in [-0.4, -0.2) is 93.7 Å². The summed E-state index contributed by atoms with van der Waals surface area (Å²) in [4.78, 5) is 41.9. The Kier molecular flexibility index (Phi) is 10.5. The van der Waals surface area contributed by atoms with Crippen molar-refractivity contribution in [2.75, 3.05) is 39.4 Å². The van der Waals surface area contributed by atoms with E-state index in [0.29, 0.717) is 37.8 Å². The third-order valence-corrected chi connectivity index (χ3v) is 13.3. The number of aromatic nitrogens is 2. The molecular weight excluding hydrogens is 723 g/mol. The van der Waals surface area contributed by atoms with Gasteiger partial charge < -0.3 is 19.6 Å². The van der Waals surface area contributed by atoms with Crippen molar-refractivity contribution in [1.82, 2.24) is 19.6 Å². The van der Waals surface area contributed by atoms with Crippen LogP contribution in [0.15, 0.2) is 59.7 Å². The normalized spacial score (nSPS) is 31.8. The number of hydrogen-bond donors (Lipinski definition) is 1. The summed E-state index contributed by atoms with van der Waals surface area (Å²) < 4.78 is 77.8. The number of rotatable bonds is 11. The van der Waals surface area contributed by atoms with Crippen molar-refractivity contribution >= 4 is 17.8 Å². The molecule has 2 saturated heterocycles. The lowest BCUT2D eigenvalue weighted by Crippen LogP contribution is -2.66. The van der Waals surface area contributed by atoms with Gasteiger partial charge in [0.2, 0.25) is 5.91 Å². The van der Waals surface area contributed by atoms with Crippen LogP contribution in [0, 0.1) is 46.3 Å². The fourth-order valence-electron chi connectivity index (χ4n) is 9.60. The first kappa shape index (κ1) is 39.4. The Bertz CT molecular complexity index is 1790. The summed E-state index contributed by atoms with van der Waals surface area (Å²) in [5.41, 5.74) is -2.07. The molecule has 1 aromatic rings. The molecule has 4 aliphatic carbocycles. The van der Waals surface area contributed by atoms with E-state index in [0.717, 1.165) is 44.3 Å². The van der Waals surface area contributed by atoms with Crippen LogP contribution >= 0.6 is 0 Å². The van der Waals surface area contributed by atoms with E-state index in [4.69, 9.17) is 4.74 Å². The minimum Gasteiger partial charge on any atom is -0.481 e. The van der Waals surface area contributed by atoms with Crippen LogP contribution in [0.2, 0.25) is 0 Å². The molecule has 2 aliphatic heterocycles. The van der Waals surface area contributed by atoms with Crippen LogP contribution < -0.4 is 0 Å². The van der Waals surface area contributed by atoms with Crippen LogP contribution in [0.5, 0.6) is 0 Å². The van der Waals surface area contributed by atoms with Gasteiger partial charge in [-0.25, -0.2) is 8.78 Å². The number of likely N-dealkylation sites (tertiary alicyclic amines) is 2. The number of aliphatic carboxylic acids is 1. The first-order valence-corrected chi connectivity index (χ1v) is 19.5. The molecule has 5 atom stereocenters. The molecule has 2 amide bonds. The van der Waals surface area contributed by atoms with Gasteiger partial charge in [0.25, 0.3) is 5.91 Å². The molecule has 4 unspecified atom stereocenters. The predicted octanol–water partition coefficient (Wildman–Crippen LogP) is 7.33. The molecule has 7 rings (SSSR count). The highest BCUT2D eigenvalue weighted by atomic mass is 19.4. The average Bonchev–Trinajstić information content (AvgIpc) is 3.61. The van der Waals surface area contributed by atoms with Crippen LogP contribution in [0.4, 0.5) is 22.0 Å². The largest absolute Gasteiger partial charge is 0.481 e. The summed E-state index contributed by atoms with van der Waals surface area (Å²) in [6.45, 7) is 4.83. The van der Waals surface area contributed by atoms with Gasteiger partial charge in [-0.2, -0.15) is 18.3 Å². The van der Waals surface area contributed by atoms with Gasteiger partial charge in [0, 0.05) is 56.2 Å². The van der Waals surface area contributed by atoms with Crippen LogP contribution in [0.1, 0.15) is 76.1 Å². The summed E-state index contributed by atoms with van der Waals surface area (Å²) in [7, 11) is 0. The second-order valence-corrected chi connectivity index (χ2v) is 17.7. The van der Waals surface area contributed by atoms with E-state index < -0.39 is 40.5 Å². The van der Waals surface area contributed by atoms with Gasteiger partial charge in [0.15, 0.2) is 0 Å². The summed E-state index contributed by atoms with van der Waals surface area (Å²) in [6.07, 6.45) is 11.4. The Morgan fingerprint density at radius 3 is 2.38 bits per heavy atom. The predicted molar refractivity (Wildman–Crippen MR) is 193 cm³/mol. The number of carboxylic acids is 1. The highest BCUT2D eigenvalue weighted by molar-refractivity contribution is 5.94. The van der Waals surface area contributed by atoms with Crippen molar-refractivity contribution in [3.8, 4) is 0 Å². The van der Waals surface area contributed by atoms with E-state index in [1.807, 2.05) is 6.08 Å². The van der Waals surface area contributed by atoms with Gasteiger partial charge in [-0.3, -0.25) is 19.1 Å². The second-order valence-electron chi connectivity index (χ2n) is 17.7. The molecule has 6 aliphatic rings. The van der Waals surface area contributed by atoms with Gasteiger partial charge >= 0.3 is 12.1 Å². The van der Waals surface area contributed by atoms with Crippen molar-refractivity contribution in [3.63, 3.8) is 0 Å². The molecule has 1 N–H and O–H groups in total. The summed E-state index contributed by atoms with van der Waals surface area (Å²) in [5, 5.41) is 14.2. The molecule has 55 heavy (non-hydrogen) atoms. The number of carbonyl (C=O) groups excluding carboxylic acids is 2. The Labute approximate surface area is 318 Å². The van der Waals surface area contributed by atoms with Gasteiger partial charge in [0.1, 0.15) is 16.9 Å². The first-order valence-electron chi connectivity index (χ1n) is 19.5. The molecule has 300 valence electrons. The van der Waals surface area contributed by atoms with Gasteiger partial charge in [-0.1, -0.05) is 23.8 Å². The summed E-state index contributed by atoms with van der Waals surface area (Å²) in [5.74, 6) is -2.90. The SMILES string of the molecule is CC1(F)CCC(C2CC=CC(COC[C@@H]3CN(C(=O)c4cnn(CC5C=CC(F)=CC5)c4)CC34CN(C(=O)C(C)(C)C(F)(F)F)C4)=C2C2CC2C(=O)O)CC1. The van der Waals surface area contributed by atoms with E-state index in [-0.39, 0.29) is 80.7 Å². The lowest BCUT2D eigenvalue weighted by Gasteiger charge is -2.52. The molecule has 1 spiro atoms. The number of carbonyl (C=O) groups is 3. The van der Waals surface area contributed by atoms with Gasteiger partial charge in [-0.05, 0) is 101 Å². The number of hydrogen-bond acceptors (Lipinski definition) is 5. The molecule has 4 fully saturated rings. The smallest absolute Gasteiger partial charge is 0.402 e. The molecule has 0 radical (unpaired) electrons. The zero-order chi connectivity index (χ0) is 39.5. The van der Waals surface area contributed by atoms with Crippen molar-refractivity contribution < 1.29 is 46.2 Å². The van der Waals surface area contributed by atoms with Crippen molar-refractivity contribution in [1.29, 1.82) is 0 Å². The lowest BCUT2D eigenvalue weighted by atomic mass is 9.68. The summed E-state index contributed by atoms with van der Waals surface area (Å²) >= 11 is 0. The van der Waals surface area contributed by atoms with E-state index in [2.05, 4.69) is 11.2 Å². The van der Waals surface area contributed by atoms with Crippen LogP contribution in [-0.2, 0) is 20.9 Å². The molecule has 0 aromatic carbocycles. The molecule has 3 heterocycles.